The SMILES string of the molecule is C[C@]12CCC3c4ccc(OS(=O)(=O)O)cc4CCC3C1CC[C@@H]2O. The summed E-state index contributed by atoms with van der Waals surface area (Å²) in [6.45, 7) is 2.25. The van der Waals surface area contributed by atoms with Crippen LogP contribution in [0.5, 0.6) is 5.75 Å². The Balaban J connectivity index is 1.63. The van der Waals surface area contributed by atoms with E-state index in [-0.39, 0.29) is 17.3 Å². The van der Waals surface area contributed by atoms with Gasteiger partial charge in [-0.25, -0.2) is 0 Å². The van der Waals surface area contributed by atoms with E-state index in [9.17, 15) is 13.5 Å². The van der Waals surface area contributed by atoms with Gasteiger partial charge in [0.25, 0.3) is 0 Å². The molecule has 5 nitrogen and oxygen atoms in total. The van der Waals surface area contributed by atoms with E-state index >= 15 is 0 Å². The van der Waals surface area contributed by atoms with Gasteiger partial charge >= 0.3 is 10.4 Å². The second-order valence-corrected chi connectivity index (χ2v) is 8.95. The lowest BCUT2D eigenvalue weighted by molar-refractivity contribution is -0.0226. The van der Waals surface area contributed by atoms with Crippen molar-refractivity contribution in [2.24, 2.45) is 17.3 Å². The van der Waals surface area contributed by atoms with Crippen LogP contribution in [-0.4, -0.2) is 24.2 Å². The average Bonchev–Trinajstić information content (AvgIpc) is 2.81. The molecule has 3 unspecified atom stereocenters. The Labute approximate surface area is 143 Å². The van der Waals surface area contributed by atoms with Crippen LogP contribution < -0.4 is 4.18 Å². The van der Waals surface area contributed by atoms with E-state index in [1.54, 1.807) is 12.1 Å². The van der Waals surface area contributed by atoms with Crippen molar-refractivity contribution in [3.8, 4) is 5.75 Å². The highest BCUT2D eigenvalue weighted by Gasteiger charge is 2.54. The van der Waals surface area contributed by atoms with Crippen molar-refractivity contribution in [2.45, 2.75) is 57.5 Å². The first-order valence-corrected chi connectivity index (χ1v) is 10.1. The molecule has 2 fully saturated rings. The summed E-state index contributed by atoms with van der Waals surface area (Å²) in [4.78, 5) is 0. The number of hydrogen-bond acceptors (Lipinski definition) is 4. The number of aliphatic hydroxyl groups excluding tert-OH is 1. The van der Waals surface area contributed by atoms with Crippen LogP contribution in [0.3, 0.4) is 0 Å². The molecule has 3 aliphatic rings. The molecule has 0 spiro atoms. The lowest BCUT2D eigenvalue weighted by Gasteiger charge is -2.50. The molecule has 0 aliphatic heterocycles. The molecule has 4 rings (SSSR count). The third kappa shape index (κ3) is 2.55. The lowest BCUT2D eigenvalue weighted by Crippen LogP contribution is -2.43. The van der Waals surface area contributed by atoms with E-state index < -0.39 is 10.4 Å². The number of rotatable bonds is 2. The van der Waals surface area contributed by atoms with Crippen molar-refractivity contribution in [3.63, 3.8) is 0 Å². The zero-order chi connectivity index (χ0) is 17.1. The Morgan fingerprint density at radius 2 is 2.00 bits per heavy atom. The van der Waals surface area contributed by atoms with Gasteiger partial charge in [0.05, 0.1) is 6.10 Å². The molecule has 0 heterocycles. The first-order valence-electron chi connectivity index (χ1n) is 8.76. The van der Waals surface area contributed by atoms with Gasteiger partial charge in [-0.1, -0.05) is 13.0 Å². The molecule has 2 saturated carbocycles. The fourth-order valence-electron chi connectivity index (χ4n) is 5.70. The van der Waals surface area contributed by atoms with Gasteiger partial charge in [0.15, 0.2) is 0 Å². The predicted molar refractivity (Wildman–Crippen MR) is 89.2 cm³/mol. The molecule has 1 aromatic rings. The smallest absolute Gasteiger partial charge is 0.393 e. The molecule has 3 aliphatic carbocycles. The van der Waals surface area contributed by atoms with Crippen LogP contribution in [0.4, 0.5) is 0 Å². The Kier molecular flexibility index (Phi) is 3.71. The Morgan fingerprint density at radius 3 is 2.75 bits per heavy atom. The molecular formula is C18H24O5S. The van der Waals surface area contributed by atoms with E-state index in [1.807, 2.05) is 6.07 Å². The minimum Gasteiger partial charge on any atom is -0.393 e. The number of aryl methyl sites for hydroxylation is 1. The molecule has 2 N–H and O–H groups in total. The summed E-state index contributed by atoms with van der Waals surface area (Å²) < 4.78 is 35.2. The largest absolute Gasteiger partial charge is 0.446 e. The number of benzene rings is 1. The summed E-state index contributed by atoms with van der Waals surface area (Å²) >= 11 is 0. The van der Waals surface area contributed by atoms with Crippen molar-refractivity contribution in [3.05, 3.63) is 29.3 Å². The molecule has 0 bridgehead atoms. The Morgan fingerprint density at radius 1 is 1.21 bits per heavy atom. The van der Waals surface area contributed by atoms with Crippen LogP contribution >= 0.6 is 0 Å². The van der Waals surface area contributed by atoms with Crippen molar-refractivity contribution >= 4 is 10.4 Å². The van der Waals surface area contributed by atoms with Gasteiger partial charge in [-0.3, -0.25) is 4.55 Å². The molecule has 0 amide bonds. The standard InChI is InChI=1S/C18H24O5S/c1-18-9-8-14-13-5-3-12(23-24(20,21)22)10-11(13)2-4-15(14)16(18)6-7-17(18)19/h3,5,10,14-17,19H,2,4,6-9H2,1H3,(H,20,21,22)/t14?,15?,16?,17-,18-/m0/s1. The minimum absolute atomic E-state index is 0.0622. The van der Waals surface area contributed by atoms with Gasteiger partial charge in [-0.15, -0.1) is 0 Å². The molecule has 0 aromatic heterocycles. The van der Waals surface area contributed by atoms with Gasteiger partial charge in [0.2, 0.25) is 0 Å². The summed E-state index contributed by atoms with van der Waals surface area (Å²) in [6, 6.07) is 5.34. The van der Waals surface area contributed by atoms with Crippen LogP contribution in [-0.2, 0) is 16.8 Å². The average molecular weight is 352 g/mol. The van der Waals surface area contributed by atoms with E-state index in [4.69, 9.17) is 4.55 Å². The van der Waals surface area contributed by atoms with Gasteiger partial charge in [0.1, 0.15) is 5.75 Å². The maximum atomic E-state index is 10.9. The van der Waals surface area contributed by atoms with Gasteiger partial charge in [0, 0.05) is 0 Å². The highest BCUT2D eigenvalue weighted by atomic mass is 32.3. The highest BCUT2D eigenvalue weighted by molar-refractivity contribution is 7.81. The van der Waals surface area contributed by atoms with Crippen LogP contribution in [0.2, 0.25) is 0 Å². The Bertz CT molecular complexity index is 759. The molecule has 24 heavy (non-hydrogen) atoms. The summed E-state index contributed by atoms with van der Waals surface area (Å²) in [5.74, 6) is 1.83. The normalized spacial score (nSPS) is 38.1. The quantitative estimate of drug-likeness (QED) is 0.799. The zero-order valence-electron chi connectivity index (χ0n) is 13.8. The lowest BCUT2D eigenvalue weighted by atomic mass is 9.55. The summed E-state index contributed by atoms with van der Waals surface area (Å²) in [5.41, 5.74) is 2.48. The van der Waals surface area contributed by atoms with Crippen LogP contribution in [0.15, 0.2) is 18.2 Å². The van der Waals surface area contributed by atoms with E-state index in [0.29, 0.717) is 17.8 Å². The molecule has 0 radical (unpaired) electrons. The van der Waals surface area contributed by atoms with Gasteiger partial charge in [-0.05, 0) is 85.0 Å². The second-order valence-electron chi connectivity index (χ2n) is 7.92. The van der Waals surface area contributed by atoms with E-state index in [0.717, 1.165) is 44.1 Å². The van der Waals surface area contributed by atoms with Crippen molar-refractivity contribution in [1.29, 1.82) is 0 Å². The molecule has 132 valence electrons. The molecular weight excluding hydrogens is 328 g/mol. The number of hydrogen-bond donors (Lipinski definition) is 2. The highest BCUT2D eigenvalue weighted by Crippen LogP contribution is 2.60. The third-order valence-electron chi connectivity index (χ3n) is 6.85. The first kappa shape index (κ1) is 16.4. The first-order chi connectivity index (χ1) is 11.3. The molecule has 5 atom stereocenters. The van der Waals surface area contributed by atoms with E-state index in [2.05, 4.69) is 11.1 Å². The fourth-order valence-corrected chi connectivity index (χ4v) is 6.05. The van der Waals surface area contributed by atoms with Crippen LogP contribution in [0.1, 0.15) is 56.1 Å². The zero-order valence-corrected chi connectivity index (χ0v) is 14.6. The summed E-state index contributed by atoms with van der Waals surface area (Å²) in [7, 11) is -4.48. The molecule has 6 heteroatoms. The second kappa shape index (κ2) is 5.44. The fraction of sp³-hybridized carbons (Fsp3) is 0.667. The van der Waals surface area contributed by atoms with Crippen molar-refractivity contribution < 1.29 is 22.3 Å². The van der Waals surface area contributed by atoms with Crippen LogP contribution in [0.25, 0.3) is 0 Å². The van der Waals surface area contributed by atoms with Gasteiger partial charge in [-0.2, -0.15) is 8.42 Å². The maximum Gasteiger partial charge on any atom is 0.446 e. The van der Waals surface area contributed by atoms with Crippen molar-refractivity contribution in [2.75, 3.05) is 0 Å². The molecule has 0 saturated heterocycles. The van der Waals surface area contributed by atoms with E-state index in [1.165, 1.54) is 5.56 Å². The number of fused-ring (bicyclic) bond motifs is 5. The number of aliphatic hydroxyl groups is 1. The van der Waals surface area contributed by atoms with Gasteiger partial charge < -0.3 is 9.29 Å². The Hall–Kier alpha value is -1.11. The summed E-state index contributed by atoms with van der Waals surface area (Å²) in [6.07, 6.45) is 5.93. The maximum absolute atomic E-state index is 10.9. The third-order valence-corrected chi connectivity index (χ3v) is 7.25. The summed E-state index contributed by atoms with van der Waals surface area (Å²) in [5, 5.41) is 10.4. The molecule has 1 aromatic carbocycles. The predicted octanol–water partition coefficient (Wildman–Crippen LogP) is 3.09. The minimum atomic E-state index is -4.48. The van der Waals surface area contributed by atoms with Crippen molar-refractivity contribution in [1.82, 2.24) is 0 Å². The van der Waals surface area contributed by atoms with Crippen LogP contribution in [0, 0.1) is 17.3 Å². The topological polar surface area (TPSA) is 83.8 Å². The monoisotopic (exact) mass is 352 g/mol.